The number of aliphatic hydroxyl groups is 1. The fraction of sp³-hybridized carbons (Fsp3) is 0.667. The van der Waals surface area contributed by atoms with Crippen molar-refractivity contribution in [2.75, 3.05) is 6.54 Å². The summed E-state index contributed by atoms with van der Waals surface area (Å²) in [6.07, 6.45) is 2.19. The zero-order valence-corrected chi connectivity index (χ0v) is 7.59. The van der Waals surface area contributed by atoms with Crippen LogP contribution < -0.4 is 0 Å². The molecule has 0 aliphatic heterocycles. The molecule has 0 amide bonds. The summed E-state index contributed by atoms with van der Waals surface area (Å²) < 4.78 is 0. The molecule has 0 bridgehead atoms. The van der Waals surface area contributed by atoms with Crippen LogP contribution in [0.1, 0.15) is 27.2 Å². The van der Waals surface area contributed by atoms with E-state index in [2.05, 4.69) is 11.6 Å². The number of rotatable bonds is 4. The Morgan fingerprint density at radius 1 is 1.64 bits per heavy atom. The number of hydrogen-bond acceptors (Lipinski definition) is 2. The van der Waals surface area contributed by atoms with Gasteiger partial charge in [-0.3, -0.25) is 4.99 Å². The fourth-order valence-electron chi connectivity index (χ4n) is 0.608. The van der Waals surface area contributed by atoms with Crippen LogP contribution in [0.2, 0.25) is 0 Å². The van der Waals surface area contributed by atoms with E-state index in [0.717, 1.165) is 5.71 Å². The summed E-state index contributed by atoms with van der Waals surface area (Å²) in [5.74, 6) is 0. The summed E-state index contributed by atoms with van der Waals surface area (Å²) in [4.78, 5) is 4.17. The van der Waals surface area contributed by atoms with Gasteiger partial charge in [0.15, 0.2) is 0 Å². The second-order valence-corrected chi connectivity index (χ2v) is 3.14. The predicted octanol–water partition coefficient (Wildman–Crippen LogP) is 1.79. The smallest absolute Gasteiger partial charge is 0.0814 e. The van der Waals surface area contributed by atoms with E-state index in [1.807, 2.05) is 13.8 Å². The lowest BCUT2D eigenvalue weighted by Gasteiger charge is -2.16. The highest BCUT2D eigenvalue weighted by molar-refractivity contribution is 5.79. The van der Waals surface area contributed by atoms with Crippen LogP contribution in [0.15, 0.2) is 17.6 Å². The lowest BCUT2D eigenvalue weighted by atomic mass is 10.0. The standard InChI is InChI=1S/C9H17NO/c1-5-9(4,11)6-7-10-8(2)3/h5,11H,1,6-7H2,2-4H3. The van der Waals surface area contributed by atoms with E-state index in [1.165, 1.54) is 0 Å². The van der Waals surface area contributed by atoms with E-state index in [9.17, 15) is 5.11 Å². The normalized spacial score (nSPS) is 15.3. The van der Waals surface area contributed by atoms with Crippen molar-refractivity contribution in [1.29, 1.82) is 0 Å². The molecule has 0 radical (unpaired) electrons. The summed E-state index contributed by atoms with van der Waals surface area (Å²) in [5.41, 5.74) is 0.281. The van der Waals surface area contributed by atoms with Crippen LogP contribution >= 0.6 is 0 Å². The maximum atomic E-state index is 9.45. The summed E-state index contributed by atoms with van der Waals surface area (Å²) >= 11 is 0. The lowest BCUT2D eigenvalue weighted by molar-refractivity contribution is 0.105. The molecule has 2 nitrogen and oxygen atoms in total. The molecule has 0 rings (SSSR count). The minimum absolute atomic E-state index is 0.641. The zero-order valence-electron chi connectivity index (χ0n) is 7.59. The zero-order chi connectivity index (χ0) is 8.91. The lowest BCUT2D eigenvalue weighted by Crippen LogP contribution is -2.21. The highest BCUT2D eigenvalue weighted by Crippen LogP contribution is 2.09. The average Bonchev–Trinajstić information content (AvgIpc) is 1.87. The third kappa shape index (κ3) is 5.80. The van der Waals surface area contributed by atoms with Crippen LogP contribution in [0, 0.1) is 0 Å². The highest BCUT2D eigenvalue weighted by Gasteiger charge is 2.13. The Hall–Kier alpha value is -0.630. The molecule has 0 aromatic heterocycles. The van der Waals surface area contributed by atoms with E-state index in [0.29, 0.717) is 13.0 Å². The van der Waals surface area contributed by atoms with E-state index in [1.54, 1.807) is 13.0 Å². The molecule has 0 aliphatic carbocycles. The van der Waals surface area contributed by atoms with Crippen molar-refractivity contribution < 1.29 is 5.11 Å². The summed E-state index contributed by atoms with van der Waals surface area (Å²) in [6, 6.07) is 0. The van der Waals surface area contributed by atoms with Crippen molar-refractivity contribution in [3.63, 3.8) is 0 Å². The van der Waals surface area contributed by atoms with Gasteiger partial charge in [0.05, 0.1) is 5.60 Å². The Balaban J connectivity index is 3.71. The van der Waals surface area contributed by atoms with E-state index in [4.69, 9.17) is 0 Å². The number of nitrogens with zero attached hydrogens (tertiary/aromatic N) is 1. The van der Waals surface area contributed by atoms with Gasteiger partial charge in [-0.15, -0.1) is 6.58 Å². The van der Waals surface area contributed by atoms with Gasteiger partial charge in [0.2, 0.25) is 0 Å². The van der Waals surface area contributed by atoms with Gasteiger partial charge in [-0.2, -0.15) is 0 Å². The quantitative estimate of drug-likeness (QED) is 0.487. The van der Waals surface area contributed by atoms with Crippen molar-refractivity contribution in [3.05, 3.63) is 12.7 Å². The van der Waals surface area contributed by atoms with Crippen LogP contribution in [0.4, 0.5) is 0 Å². The minimum atomic E-state index is -0.765. The molecule has 0 saturated heterocycles. The molecule has 1 N–H and O–H groups in total. The van der Waals surface area contributed by atoms with Crippen molar-refractivity contribution >= 4 is 5.71 Å². The number of hydrogen-bond donors (Lipinski definition) is 1. The molecule has 0 aromatic carbocycles. The Bertz CT molecular complexity index is 155. The molecule has 0 heterocycles. The van der Waals surface area contributed by atoms with Gasteiger partial charge < -0.3 is 5.11 Å². The molecule has 0 aromatic rings. The molecule has 2 heteroatoms. The van der Waals surface area contributed by atoms with E-state index < -0.39 is 5.60 Å². The van der Waals surface area contributed by atoms with Crippen molar-refractivity contribution in [3.8, 4) is 0 Å². The second kappa shape index (κ2) is 4.29. The van der Waals surface area contributed by atoms with Crippen LogP contribution in [-0.4, -0.2) is 23.0 Å². The summed E-state index contributed by atoms with van der Waals surface area (Å²) in [6.45, 7) is 9.83. The first-order valence-electron chi connectivity index (χ1n) is 3.81. The highest BCUT2D eigenvalue weighted by atomic mass is 16.3. The third-order valence-corrected chi connectivity index (χ3v) is 1.49. The average molecular weight is 155 g/mol. The monoisotopic (exact) mass is 155 g/mol. The molecular formula is C9H17NO. The number of aliphatic imine (C=N–C) groups is 1. The summed E-state index contributed by atoms with van der Waals surface area (Å²) in [7, 11) is 0. The Morgan fingerprint density at radius 3 is 2.55 bits per heavy atom. The van der Waals surface area contributed by atoms with E-state index in [-0.39, 0.29) is 0 Å². The third-order valence-electron chi connectivity index (χ3n) is 1.49. The SMILES string of the molecule is C=CC(C)(O)CCN=C(C)C. The maximum absolute atomic E-state index is 9.45. The van der Waals surface area contributed by atoms with Crippen molar-refractivity contribution in [2.45, 2.75) is 32.8 Å². The van der Waals surface area contributed by atoms with Crippen LogP contribution in [0.25, 0.3) is 0 Å². The molecule has 0 aliphatic rings. The molecule has 0 spiro atoms. The first kappa shape index (κ1) is 10.4. The first-order valence-corrected chi connectivity index (χ1v) is 3.81. The van der Waals surface area contributed by atoms with Crippen LogP contribution in [0.5, 0.6) is 0 Å². The summed E-state index contributed by atoms with van der Waals surface area (Å²) in [5, 5.41) is 9.45. The molecule has 11 heavy (non-hydrogen) atoms. The topological polar surface area (TPSA) is 32.6 Å². The van der Waals surface area contributed by atoms with Gasteiger partial charge in [0.1, 0.15) is 0 Å². The van der Waals surface area contributed by atoms with E-state index >= 15 is 0 Å². The molecule has 0 fully saturated rings. The van der Waals surface area contributed by atoms with Gasteiger partial charge in [0, 0.05) is 12.3 Å². The van der Waals surface area contributed by atoms with Gasteiger partial charge in [-0.1, -0.05) is 6.08 Å². The molecule has 1 atom stereocenters. The predicted molar refractivity (Wildman–Crippen MR) is 49.1 cm³/mol. The Morgan fingerprint density at radius 2 is 2.18 bits per heavy atom. The largest absolute Gasteiger partial charge is 0.386 e. The fourth-order valence-corrected chi connectivity index (χ4v) is 0.608. The van der Waals surface area contributed by atoms with Gasteiger partial charge in [-0.25, -0.2) is 0 Å². The van der Waals surface area contributed by atoms with Crippen molar-refractivity contribution in [1.82, 2.24) is 0 Å². The maximum Gasteiger partial charge on any atom is 0.0814 e. The van der Waals surface area contributed by atoms with Gasteiger partial charge >= 0.3 is 0 Å². The Labute approximate surface area is 68.7 Å². The van der Waals surface area contributed by atoms with Crippen LogP contribution in [0.3, 0.4) is 0 Å². The molecular weight excluding hydrogens is 138 g/mol. The first-order chi connectivity index (χ1) is 4.98. The van der Waals surface area contributed by atoms with Crippen molar-refractivity contribution in [2.24, 2.45) is 4.99 Å². The van der Waals surface area contributed by atoms with Crippen LogP contribution in [-0.2, 0) is 0 Å². The van der Waals surface area contributed by atoms with Gasteiger partial charge in [-0.05, 0) is 27.2 Å². The minimum Gasteiger partial charge on any atom is -0.386 e. The molecule has 1 unspecified atom stereocenters. The Kier molecular flexibility index (Phi) is 4.04. The molecule has 64 valence electrons. The van der Waals surface area contributed by atoms with Gasteiger partial charge in [0.25, 0.3) is 0 Å². The second-order valence-electron chi connectivity index (χ2n) is 3.14. The molecule has 0 saturated carbocycles.